The molecule has 1 saturated carbocycles. The summed E-state index contributed by atoms with van der Waals surface area (Å²) < 4.78 is 10.8. The Kier molecular flexibility index (Phi) is 6.16. The first-order valence-corrected chi connectivity index (χ1v) is 10.1. The van der Waals surface area contributed by atoms with Crippen LogP contribution in [-0.2, 0) is 11.3 Å². The van der Waals surface area contributed by atoms with Crippen LogP contribution in [0, 0.1) is 0 Å². The zero-order valence-corrected chi connectivity index (χ0v) is 17.5. The number of hydrogen-bond donors (Lipinski definition) is 3. The molecule has 10 nitrogen and oxygen atoms in total. The molecule has 2 aromatic carbocycles. The summed E-state index contributed by atoms with van der Waals surface area (Å²) in [6, 6.07) is 13.7. The minimum Gasteiger partial charge on any atom is -0.457 e. The Morgan fingerprint density at radius 2 is 1.52 bits per heavy atom. The number of carbonyl (C=O) groups excluding carboxylic acids is 3. The van der Waals surface area contributed by atoms with E-state index in [9.17, 15) is 14.4 Å². The zero-order valence-electron chi connectivity index (χ0n) is 17.5. The van der Waals surface area contributed by atoms with Crippen LogP contribution in [0.3, 0.4) is 0 Å². The third-order valence-corrected chi connectivity index (χ3v) is 5.02. The molecular formula is C23H21N5O5. The van der Waals surface area contributed by atoms with Gasteiger partial charge in [0.05, 0.1) is 12.4 Å². The summed E-state index contributed by atoms with van der Waals surface area (Å²) >= 11 is 0. The van der Waals surface area contributed by atoms with E-state index >= 15 is 0 Å². The monoisotopic (exact) mass is 447 g/mol. The standard InChI is InChI=1S/C23H21N5O5/c24-20(29)16-3-7-18(8-4-16)32-17-5-1-15(2-6-17)11-27-21(30)23(9-10-23)28-22(31)33-19-12-25-14-26-13-19/h1-8,12-14H,9-11H2,(H2,24,29)(H,27,30)(H,28,31). The SMILES string of the molecule is NC(=O)c1ccc(Oc2ccc(CNC(=O)C3(NC(=O)Oc4cncnc4)CC3)cc2)cc1. The Hall–Kier alpha value is -4.47. The molecule has 0 spiro atoms. The van der Waals surface area contributed by atoms with Crippen molar-refractivity contribution in [1.29, 1.82) is 0 Å². The van der Waals surface area contributed by atoms with Crippen molar-refractivity contribution in [2.24, 2.45) is 5.73 Å². The number of carbonyl (C=O) groups is 3. The van der Waals surface area contributed by atoms with Gasteiger partial charge in [0.25, 0.3) is 0 Å². The lowest BCUT2D eigenvalue weighted by molar-refractivity contribution is -0.124. The maximum Gasteiger partial charge on any atom is 0.413 e. The Balaban J connectivity index is 1.26. The smallest absolute Gasteiger partial charge is 0.413 e. The Morgan fingerprint density at radius 1 is 0.909 bits per heavy atom. The highest BCUT2D eigenvalue weighted by Gasteiger charge is 2.51. The molecule has 1 aromatic heterocycles. The molecule has 1 aliphatic carbocycles. The first-order chi connectivity index (χ1) is 15.9. The molecule has 33 heavy (non-hydrogen) atoms. The Labute approximate surface area is 189 Å². The van der Waals surface area contributed by atoms with Gasteiger partial charge in [0.1, 0.15) is 23.4 Å². The number of nitrogens with one attached hydrogen (secondary N) is 2. The van der Waals surface area contributed by atoms with Gasteiger partial charge in [-0.1, -0.05) is 12.1 Å². The first kappa shape index (κ1) is 21.8. The average Bonchev–Trinajstić information content (AvgIpc) is 3.60. The van der Waals surface area contributed by atoms with Crippen molar-refractivity contribution in [3.05, 3.63) is 78.4 Å². The molecule has 0 saturated heterocycles. The average molecular weight is 447 g/mol. The van der Waals surface area contributed by atoms with Crippen molar-refractivity contribution in [2.75, 3.05) is 0 Å². The lowest BCUT2D eigenvalue weighted by Crippen LogP contribution is -2.49. The molecular weight excluding hydrogens is 426 g/mol. The van der Waals surface area contributed by atoms with E-state index in [1.165, 1.54) is 18.7 Å². The van der Waals surface area contributed by atoms with Gasteiger partial charge in [0, 0.05) is 12.1 Å². The summed E-state index contributed by atoms with van der Waals surface area (Å²) in [6.07, 6.45) is 4.36. The highest BCUT2D eigenvalue weighted by molar-refractivity contribution is 5.93. The number of ether oxygens (including phenoxy) is 2. The maximum atomic E-state index is 12.6. The van der Waals surface area contributed by atoms with Crippen LogP contribution >= 0.6 is 0 Å². The van der Waals surface area contributed by atoms with Crippen LogP contribution in [0.1, 0.15) is 28.8 Å². The molecule has 4 rings (SSSR count). The van der Waals surface area contributed by atoms with Gasteiger partial charge >= 0.3 is 6.09 Å². The predicted molar refractivity (Wildman–Crippen MR) is 116 cm³/mol. The van der Waals surface area contributed by atoms with E-state index in [4.69, 9.17) is 15.2 Å². The van der Waals surface area contributed by atoms with Crippen LogP contribution in [0.2, 0.25) is 0 Å². The molecule has 3 aromatic rings. The second-order valence-corrected chi connectivity index (χ2v) is 7.49. The van der Waals surface area contributed by atoms with E-state index in [1.807, 2.05) is 12.1 Å². The summed E-state index contributed by atoms with van der Waals surface area (Å²) in [5.74, 6) is 0.580. The fraction of sp³-hybridized carbons (Fsp3) is 0.174. The van der Waals surface area contributed by atoms with Gasteiger partial charge in [-0.05, 0) is 54.8 Å². The molecule has 0 radical (unpaired) electrons. The molecule has 1 aliphatic rings. The summed E-state index contributed by atoms with van der Waals surface area (Å²) in [7, 11) is 0. The van der Waals surface area contributed by atoms with Crippen LogP contribution in [-0.4, -0.2) is 33.4 Å². The van der Waals surface area contributed by atoms with E-state index in [2.05, 4.69) is 20.6 Å². The third-order valence-electron chi connectivity index (χ3n) is 5.02. The predicted octanol–water partition coefficient (Wildman–Crippen LogP) is 2.31. The van der Waals surface area contributed by atoms with Crippen LogP contribution < -0.4 is 25.8 Å². The van der Waals surface area contributed by atoms with Gasteiger partial charge in [0.15, 0.2) is 5.75 Å². The number of aromatic nitrogens is 2. The second kappa shape index (κ2) is 9.35. The highest BCUT2D eigenvalue weighted by Crippen LogP contribution is 2.35. The van der Waals surface area contributed by atoms with E-state index < -0.39 is 17.5 Å². The fourth-order valence-electron chi connectivity index (χ4n) is 3.05. The van der Waals surface area contributed by atoms with Crippen molar-refractivity contribution in [2.45, 2.75) is 24.9 Å². The number of nitrogens with zero attached hydrogens (tertiary/aromatic N) is 2. The minimum absolute atomic E-state index is 0.192. The summed E-state index contributed by atoms with van der Waals surface area (Å²) in [5, 5.41) is 5.46. The Morgan fingerprint density at radius 3 is 2.09 bits per heavy atom. The van der Waals surface area contributed by atoms with Crippen molar-refractivity contribution < 1.29 is 23.9 Å². The van der Waals surface area contributed by atoms with E-state index in [0.717, 1.165) is 5.56 Å². The third kappa shape index (κ3) is 5.62. The highest BCUT2D eigenvalue weighted by atomic mass is 16.6. The van der Waals surface area contributed by atoms with E-state index in [1.54, 1.807) is 36.4 Å². The number of benzene rings is 2. The minimum atomic E-state index is -0.965. The van der Waals surface area contributed by atoms with Crippen molar-refractivity contribution in [3.63, 3.8) is 0 Å². The van der Waals surface area contributed by atoms with Gasteiger partial charge in [0.2, 0.25) is 11.8 Å². The van der Waals surface area contributed by atoms with Crippen LogP contribution in [0.4, 0.5) is 4.79 Å². The van der Waals surface area contributed by atoms with Gasteiger partial charge in [-0.25, -0.2) is 14.8 Å². The van der Waals surface area contributed by atoms with Crippen LogP contribution in [0.5, 0.6) is 17.2 Å². The fourth-order valence-corrected chi connectivity index (χ4v) is 3.05. The van der Waals surface area contributed by atoms with Gasteiger partial charge < -0.3 is 25.8 Å². The molecule has 168 valence electrons. The lowest BCUT2D eigenvalue weighted by atomic mass is 10.2. The summed E-state index contributed by atoms with van der Waals surface area (Å²) in [4.78, 5) is 43.4. The topological polar surface area (TPSA) is 146 Å². The largest absolute Gasteiger partial charge is 0.457 e. The molecule has 0 unspecified atom stereocenters. The molecule has 4 N–H and O–H groups in total. The molecule has 3 amide bonds. The zero-order chi connectivity index (χ0) is 23.3. The molecule has 1 fully saturated rings. The molecule has 1 heterocycles. The number of amides is 3. The molecule has 0 bridgehead atoms. The van der Waals surface area contributed by atoms with Gasteiger partial charge in [-0.2, -0.15) is 0 Å². The summed E-state index contributed by atoms with van der Waals surface area (Å²) in [6.45, 7) is 0.289. The number of rotatable bonds is 8. The Bertz CT molecular complexity index is 1150. The molecule has 0 aliphatic heterocycles. The lowest BCUT2D eigenvalue weighted by Gasteiger charge is -2.17. The number of nitrogens with two attached hydrogens (primary N) is 1. The van der Waals surface area contributed by atoms with E-state index in [-0.39, 0.29) is 18.2 Å². The number of primary amides is 1. The van der Waals surface area contributed by atoms with Crippen molar-refractivity contribution in [3.8, 4) is 17.2 Å². The van der Waals surface area contributed by atoms with Crippen LogP contribution in [0.25, 0.3) is 0 Å². The van der Waals surface area contributed by atoms with Gasteiger partial charge in [-0.3, -0.25) is 9.59 Å². The second-order valence-electron chi connectivity index (χ2n) is 7.49. The molecule has 10 heteroatoms. The number of hydrogen-bond acceptors (Lipinski definition) is 7. The van der Waals surface area contributed by atoms with Crippen LogP contribution in [0.15, 0.2) is 67.3 Å². The maximum absolute atomic E-state index is 12.6. The first-order valence-electron chi connectivity index (χ1n) is 10.1. The quantitative estimate of drug-likeness (QED) is 0.480. The van der Waals surface area contributed by atoms with Crippen molar-refractivity contribution in [1.82, 2.24) is 20.6 Å². The van der Waals surface area contributed by atoms with E-state index in [0.29, 0.717) is 29.9 Å². The van der Waals surface area contributed by atoms with Crippen molar-refractivity contribution >= 4 is 17.9 Å². The van der Waals surface area contributed by atoms with Gasteiger partial charge in [-0.15, -0.1) is 0 Å². The normalized spacial score (nSPS) is 13.5. The molecule has 0 atom stereocenters. The summed E-state index contributed by atoms with van der Waals surface area (Å²) in [5.41, 5.74) is 5.52.